The number of nitrogen functional groups attached to an aromatic ring is 1. The molecule has 0 aliphatic carbocycles. The van der Waals surface area contributed by atoms with Gasteiger partial charge in [-0.2, -0.15) is 0 Å². The second kappa shape index (κ2) is 6.39. The molecule has 0 aliphatic heterocycles. The summed E-state index contributed by atoms with van der Waals surface area (Å²) in [5, 5.41) is 0. The van der Waals surface area contributed by atoms with Crippen molar-refractivity contribution in [1.82, 2.24) is 9.88 Å². The quantitative estimate of drug-likeness (QED) is 0.908. The molecule has 0 aliphatic rings. The van der Waals surface area contributed by atoms with Gasteiger partial charge in [0.05, 0.1) is 7.11 Å². The normalized spacial score (nSPS) is 12.4. The van der Waals surface area contributed by atoms with E-state index in [1.807, 2.05) is 30.3 Å². The molecule has 2 rings (SSSR count). The zero-order valence-electron chi connectivity index (χ0n) is 12.2. The van der Waals surface area contributed by atoms with E-state index in [1.54, 1.807) is 13.3 Å². The van der Waals surface area contributed by atoms with E-state index in [0.717, 1.165) is 17.9 Å². The molecule has 2 aromatic rings. The van der Waals surface area contributed by atoms with Gasteiger partial charge in [-0.05, 0) is 26.1 Å². The Morgan fingerprint density at radius 1 is 1.25 bits per heavy atom. The van der Waals surface area contributed by atoms with Crippen molar-refractivity contribution in [3.63, 3.8) is 0 Å². The maximum atomic E-state index is 5.90. The lowest BCUT2D eigenvalue weighted by Crippen LogP contribution is -2.23. The van der Waals surface area contributed by atoms with Crippen LogP contribution in [0, 0.1) is 0 Å². The molecule has 1 heterocycles. The Balaban J connectivity index is 2.16. The number of aromatic nitrogens is 1. The molecule has 106 valence electrons. The van der Waals surface area contributed by atoms with E-state index < -0.39 is 0 Å². The van der Waals surface area contributed by atoms with Crippen LogP contribution in [0.1, 0.15) is 24.1 Å². The van der Waals surface area contributed by atoms with E-state index >= 15 is 0 Å². The second-order valence-electron chi connectivity index (χ2n) is 4.88. The third-order valence-electron chi connectivity index (χ3n) is 3.60. The first-order valence-electron chi connectivity index (χ1n) is 6.66. The summed E-state index contributed by atoms with van der Waals surface area (Å²) in [6.45, 7) is 2.91. The van der Waals surface area contributed by atoms with Gasteiger partial charge in [0.25, 0.3) is 0 Å². The fraction of sp³-hybridized carbons (Fsp3) is 0.312. The molecule has 2 N–H and O–H groups in total. The number of nitrogens with two attached hydrogens (primary N) is 1. The van der Waals surface area contributed by atoms with Gasteiger partial charge in [0.15, 0.2) is 0 Å². The lowest BCUT2D eigenvalue weighted by atomic mass is 10.1. The van der Waals surface area contributed by atoms with Gasteiger partial charge in [-0.25, -0.2) is 4.98 Å². The number of nitrogens with zero attached hydrogens (tertiary/aromatic N) is 2. The fourth-order valence-corrected chi connectivity index (χ4v) is 2.24. The van der Waals surface area contributed by atoms with Crippen molar-refractivity contribution in [2.45, 2.75) is 19.5 Å². The zero-order chi connectivity index (χ0) is 14.5. The first-order valence-corrected chi connectivity index (χ1v) is 6.66. The van der Waals surface area contributed by atoms with Crippen molar-refractivity contribution in [3.8, 4) is 5.75 Å². The van der Waals surface area contributed by atoms with Crippen molar-refractivity contribution < 1.29 is 4.74 Å². The molecule has 0 amide bonds. The SMILES string of the molecule is COc1ccccc1C(C)N(C)Cc1cccnc1N. The molecule has 0 bridgehead atoms. The summed E-state index contributed by atoms with van der Waals surface area (Å²) in [4.78, 5) is 6.35. The van der Waals surface area contributed by atoms with Gasteiger partial charge in [-0.15, -0.1) is 0 Å². The molecule has 0 spiro atoms. The number of rotatable bonds is 5. The van der Waals surface area contributed by atoms with Crippen molar-refractivity contribution >= 4 is 5.82 Å². The van der Waals surface area contributed by atoms with E-state index in [2.05, 4.69) is 29.9 Å². The zero-order valence-corrected chi connectivity index (χ0v) is 12.2. The monoisotopic (exact) mass is 271 g/mol. The highest BCUT2D eigenvalue weighted by Crippen LogP contribution is 2.29. The van der Waals surface area contributed by atoms with Crippen LogP contribution in [0.5, 0.6) is 5.75 Å². The van der Waals surface area contributed by atoms with Gasteiger partial charge < -0.3 is 10.5 Å². The highest BCUT2D eigenvalue weighted by Gasteiger charge is 2.16. The van der Waals surface area contributed by atoms with Crippen LogP contribution < -0.4 is 10.5 Å². The molecule has 1 unspecified atom stereocenters. The van der Waals surface area contributed by atoms with Crippen LogP contribution in [0.25, 0.3) is 0 Å². The van der Waals surface area contributed by atoms with Crippen molar-refractivity contribution in [3.05, 3.63) is 53.7 Å². The van der Waals surface area contributed by atoms with Gasteiger partial charge in [-0.3, -0.25) is 4.90 Å². The van der Waals surface area contributed by atoms with Gasteiger partial charge >= 0.3 is 0 Å². The largest absolute Gasteiger partial charge is 0.496 e. The molecule has 20 heavy (non-hydrogen) atoms. The number of methoxy groups -OCH3 is 1. The molecule has 0 saturated carbocycles. The molecule has 4 nitrogen and oxygen atoms in total. The van der Waals surface area contributed by atoms with Crippen LogP contribution in [0.2, 0.25) is 0 Å². The van der Waals surface area contributed by atoms with Gasteiger partial charge in [0, 0.05) is 29.9 Å². The summed E-state index contributed by atoms with van der Waals surface area (Å²) >= 11 is 0. The predicted octanol–water partition coefficient (Wildman–Crippen LogP) is 2.87. The third-order valence-corrected chi connectivity index (χ3v) is 3.60. The second-order valence-corrected chi connectivity index (χ2v) is 4.88. The van der Waals surface area contributed by atoms with E-state index in [0.29, 0.717) is 5.82 Å². The lowest BCUT2D eigenvalue weighted by Gasteiger charge is -2.26. The average molecular weight is 271 g/mol. The summed E-state index contributed by atoms with van der Waals surface area (Å²) in [7, 11) is 3.77. The highest BCUT2D eigenvalue weighted by molar-refractivity contribution is 5.39. The first kappa shape index (κ1) is 14.3. The van der Waals surface area contributed by atoms with Crippen LogP contribution in [0.4, 0.5) is 5.82 Å². The number of hydrogen-bond acceptors (Lipinski definition) is 4. The number of hydrogen-bond donors (Lipinski definition) is 1. The summed E-state index contributed by atoms with van der Waals surface area (Å²) < 4.78 is 5.43. The summed E-state index contributed by atoms with van der Waals surface area (Å²) in [6.07, 6.45) is 1.71. The van der Waals surface area contributed by atoms with Crippen LogP contribution in [0.15, 0.2) is 42.6 Å². The third kappa shape index (κ3) is 3.08. The van der Waals surface area contributed by atoms with Crippen LogP contribution >= 0.6 is 0 Å². The Morgan fingerprint density at radius 3 is 2.70 bits per heavy atom. The molecule has 1 atom stereocenters. The maximum absolute atomic E-state index is 5.90. The Bertz CT molecular complexity index is 571. The smallest absolute Gasteiger partial charge is 0.127 e. The Morgan fingerprint density at radius 2 is 2.00 bits per heavy atom. The maximum Gasteiger partial charge on any atom is 0.127 e. The molecular formula is C16H21N3O. The molecule has 1 aromatic heterocycles. The summed E-state index contributed by atoms with van der Waals surface area (Å²) in [5.74, 6) is 1.50. The number of anilines is 1. The molecule has 1 aromatic carbocycles. The topological polar surface area (TPSA) is 51.4 Å². The van der Waals surface area contributed by atoms with E-state index in [1.165, 1.54) is 5.56 Å². The first-order chi connectivity index (χ1) is 9.63. The van der Waals surface area contributed by atoms with Gasteiger partial charge in [0.1, 0.15) is 11.6 Å². The van der Waals surface area contributed by atoms with E-state index in [9.17, 15) is 0 Å². The summed E-state index contributed by atoms with van der Waals surface area (Å²) in [5.41, 5.74) is 8.11. The number of para-hydroxylation sites is 1. The number of ether oxygens (including phenoxy) is 1. The van der Waals surface area contributed by atoms with E-state index in [-0.39, 0.29) is 6.04 Å². The minimum Gasteiger partial charge on any atom is -0.496 e. The Hall–Kier alpha value is -2.07. The minimum atomic E-state index is 0.228. The Labute approximate surface area is 120 Å². The predicted molar refractivity (Wildman–Crippen MR) is 81.5 cm³/mol. The fourth-order valence-electron chi connectivity index (χ4n) is 2.24. The van der Waals surface area contributed by atoms with Crippen LogP contribution in [-0.4, -0.2) is 24.0 Å². The van der Waals surface area contributed by atoms with Crippen LogP contribution in [-0.2, 0) is 6.54 Å². The number of pyridine rings is 1. The van der Waals surface area contributed by atoms with Gasteiger partial charge in [-0.1, -0.05) is 24.3 Å². The van der Waals surface area contributed by atoms with Crippen molar-refractivity contribution in [1.29, 1.82) is 0 Å². The van der Waals surface area contributed by atoms with Crippen LogP contribution in [0.3, 0.4) is 0 Å². The molecule has 0 saturated heterocycles. The summed E-state index contributed by atoms with van der Waals surface area (Å²) in [6, 6.07) is 12.2. The molecular weight excluding hydrogens is 250 g/mol. The lowest BCUT2D eigenvalue weighted by molar-refractivity contribution is 0.247. The Kier molecular flexibility index (Phi) is 4.58. The number of benzene rings is 1. The molecule has 0 fully saturated rings. The minimum absolute atomic E-state index is 0.228. The molecule has 0 radical (unpaired) electrons. The molecule has 4 heteroatoms. The van der Waals surface area contributed by atoms with Crippen molar-refractivity contribution in [2.24, 2.45) is 0 Å². The average Bonchev–Trinajstić information content (AvgIpc) is 2.48. The highest BCUT2D eigenvalue weighted by atomic mass is 16.5. The van der Waals surface area contributed by atoms with Gasteiger partial charge in [0.2, 0.25) is 0 Å². The van der Waals surface area contributed by atoms with Crippen molar-refractivity contribution in [2.75, 3.05) is 19.9 Å². The standard InChI is InChI=1S/C16H21N3O/c1-12(14-8-4-5-9-15(14)20-3)19(2)11-13-7-6-10-18-16(13)17/h4-10,12H,11H2,1-3H3,(H2,17,18). The van der Waals surface area contributed by atoms with E-state index in [4.69, 9.17) is 10.5 Å².